The lowest BCUT2D eigenvalue weighted by atomic mass is 10.0. The zero-order valence-corrected chi connectivity index (χ0v) is 7.40. The fourth-order valence-electron chi connectivity index (χ4n) is 1.54. The number of fused-ring (bicyclic) bond motifs is 1. The number of ether oxygens (including phenoxy) is 1. The Labute approximate surface area is 80.7 Å². The van der Waals surface area contributed by atoms with Crippen LogP contribution in [-0.2, 0) is 11.2 Å². The van der Waals surface area contributed by atoms with E-state index in [9.17, 15) is 15.0 Å². The minimum atomic E-state index is -1.19. The molecule has 1 aromatic rings. The van der Waals surface area contributed by atoms with Crippen molar-refractivity contribution in [3.8, 4) is 11.5 Å². The van der Waals surface area contributed by atoms with E-state index in [0.29, 0.717) is 18.6 Å². The number of rotatable bonds is 1. The monoisotopic (exact) mass is 193 g/mol. The molecule has 1 N–H and O–H groups in total. The molecule has 0 aliphatic carbocycles. The number of hydrogen-bond donors (Lipinski definition) is 1. The highest BCUT2D eigenvalue weighted by Crippen LogP contribution is 2.30. The van der Waals surface area contributed by atoms with Crippen LogP contribution in [0.25, 0.3) is 0 Å². The average Bonchev–Trinajstić information content (AvgIpc) is 2.16. The summed E-state index contributed by atoms with van der Waals surface area (Å²) in [5, 5.41) is 19.7. The van der Waals surface area contributed by atoms with Gasteiger partial charge >= 0.3 is 0 Å². The summed E-state index contributed by atoms with van der Waals surface area (Å²) in [7, 11) is 0. The van der Waals surface area contributed by atoms with Crippen molar-refractivity contribution in [2.75, 3.05) is 0 Å². The topological polar surface area (TPSA) is 69.6 Å². The van der Waals surface area contributed by atoms with Crippen LogP contribution in [0.5, 0.6) is 11.5 Å². The van der Waals surface area contributed by atoms with E-state index in [0.717, 1.165) is 5.56 Å². The molecule has 4 nitrogen and oxygen atoms in total. The fraction of sp³-hybridized carbons (Fsp3) is 0.300. The van der Waals surface area contributed by atoms with E-state index in [1.165, 1.54) is 6.07 Å². The summed E-state index contributed by atoms with van der Waals surface area (Å²) in [6.07, 6.45) is 0.105. The van der Waals surface area contributed by atoms with Crippen molar-refractivity contribution in [2.45, 2.75) is 18.9 Å². The second-order valence-electron chi connectivity index (χ2n) is 3.26. The number of phenolic OH excluding ortho intramolecular Hbond substituents is 1. The lowest BCUT2D eigenvalue weighted by molar-refractivity contribution is -0.314. The van der Waals surface area contributed by atoms with Crippen molar-refractivity contribution in [1.29, 1.82) is 0 Å². The third-order valence-corrected chi connectivity index (χ3v) is 2.25. The van der Waals surface area contributed by atoms with Crippen molar-refractivity contribution in [3.05, 3.63) is 23.8 Å². The van der Waals surface area contributed by atoms with E-state index >= 15 is 0 Å². The number of benzene rings is 1. The smallest absolute Gasteiger partial charge is 0.138 e. The van der Waals surface area contributed by atoms with Gasteiger partial charge in [0.1, 0.15) is 17.6 Å². The number of hydrogen-bond acceptors (Lipinski definition) is 4. The van der Waals surface area contributed by atoms with Gasteiger partial charge in [-0.3, -0.25) is 0 Å². The number of carbonyl (C=O) groups is 1. The van der Waals surface area contributed by atoms with Gasteiger partial charge in [0.05, 0.1) is 5.97 Å². The predicted octanol–water partition coefficient (Wildman–Crippen LogP) is -0.164. The van der Waals surface area contributed by atoms with Gasteiger partial charge in [-0.05, 0) is 36.6 Å². The summed E-state index contributed by atoms with van der Waals surface area (Å²) >= 11 is 0. The van der Waals surface area contributed by atoms with Gasteiger partial charge in [0.25, 0.3) is 0 Å². The summed E-state index contributed by atoms with van der Waals surface area (Å²) in [6.45, 7) is 0. The number of aromatic hydroxyl groups is 1. The molecular formula is C10H9O4-. The number of phenols is 1. The highest BCUT2D eigenvalue weighted by molar-refractivity contribution is 5.71. The first-order chi connectivity index (χ1) is 6.66. The third-order valence-electron chi connectivity index (χ3n) is 2.25. The molecule has 0 saturated heterocycles. The largest absolute Gasteiger partial charge is 0.546 e. The van der Waals surface area contributed by atoms with Gasteiger partial charge in [-0.15, -0.1) is 0 Å². The van der Waals surface area contributed by atoms with E-state index in [2.05, 4.69) is 0 Å². The summed E-state index contributed by atoms with van der Waals surface area (Å²) in [6, 6.07) is 4.62. The molecule has 1 aliphatic heterocycles. The van der Waals surface area contributed by atoms with Crippen molar-refractivity contribution < 1.29 is 19.7 Å². The number of carboxylic acids is 1. The molecule has 0 radical (unpaired) electrons. The molecule has 0 amide bonds. The van der Waals surface area contributed by atoms with E-state index in [-0.39, 0.29) is 5.75 Å². The molecule has 0 spiro atoms. The average molecular weight is 193 g/mol. The molecule has 0 saturated carbocycles. The Morgan fingerprint density at radius 2 is 2.36 bits per heavy atom. The van der Waals surface area contributed by atoms with Crippen LogP contribution >= 0.6 is 0 Å². The Morgan fingerprint density at radius 1 is 1.57 bits per heavy atom. The molecule has 1 atom stereocenters. The molecule has 1 unspecified atom stereocenters. The van der Waals surface area contributed by atoms with Crippen LogP contribution < -0.4 is 9.84 Å². The number of carboxylic acid groups (broad SMARTS) is 1. The quantitative estimate of drug-likeness (QED) is 0.672. The van der Waals surface area contributed by atoms with Gasteiger partial charge in [0.15, 0.2) is 0 Å². The summed E-state index contributed by atoms with van der Waals surface area (Å²) in [5.41, 5.74) is 0.836. The molecule has 14 heavy (non-hydrogen) atoms. The van der Waals surface area contributed by atoms with Crippen LogP contribution in [0.1, 0.15) is 12.0 Å². The highest BCUT2D eigenvalue weighted by Gasteiger charge is 2.20. The second-order valence-corrected chi connectivity index (χ2v) is 3.26. The molecule has 1 aliphatic rings. The zero-order chi connectivity index (χ0) is 10.1. The highest BCUT2D eigenvalue weighted by atomic mass is 16.5. The Morgan fingerprint density at radius 3 is 3.07 bits per heavy atom. The van der Waals surface area contributed by atoms with E-state index in [1.54, 1.807) is 12.1 Å². The molecule has 4 heteroatoms. The van der Waals surface area contributed by atoms with E-state index in [4.69, 9.17) is 4.74 Å². The van der Waals surface area contributed by atoms with Crippen LogP contribution in [-0.4, -0.2) is 17.2 Å². The summed E-state index contributed by atoms with van der Waals surface area (Å²) < 4.78 is 5.18. The van der Waals surface area contributed by atoms with Crippen molar-refractivity contribution in [2.24, 2.45) is 0 Å². The molecule has 0 fully saturated rings. The molecule has 0 bridgehead atoms. The maximum absolute atomic E-state index is 10.5. The lowest BCUT2D eigenvalue weighted by Gasteiger charge is -2.26. The Kier molecular flexibility index (Phi) is 2.04. The standard InChI is InChI=1S/C10H10O4/c11-7-2-4-8-6(5-7)1-3-9(14-8)10(12)13/h2,4-5,9,11H,1,3H2,(H,12,13)/p-1. The van der Waals surface area contributed by atoms with Crippen LogP contribution in [0.15, 0.2) is 18.2 Å². The number of carbonyl (C=O) groups excluding carboxylic acids is 1. The first kappa shape index (κ1) is 8.87. The normalized spacial score (nSPS) is 19.6. The Hall–Kier alpha value is -1.71. The maximum Gasteiger partial charge on any atom is 0.138 e. The van der Waals surface area contributed by atoms with Crippen molar-refractivity contribution in [1.82, 2.24) is 0 Å². The minimum Gasteiger partial charge on any atom is -0.546 e. The molecule has 2 rings (SSSR count). The first-order valence-electron chi connectivity index (χ1n) is 4.36. The molecule has 1 heterocycles. The number of aryl methyl sites for hydroxylation is 1. The van der Waals surface area contributed by atoms with Crippen molar-refractivity contribution in [3.63, 3.8) is 0 Å². The van der Waals surface area contributed by atoms with Crippen LogP contribution in [0.2, 0.25) is 0 Å². The van der Waals surface area contributed by atoms with Crippen LogP contribution in [0.4, 0.5) is 0 Å². The maximum atomic E-state index is 10.5. The summed E-state index contributed by atoms with van der Waals surface area (Å²) in [5.74, 6) is -0.508. The van der Waals surface area contributed by atoms with Gasteiger partial charge in [-0.25, -0.2) is 0 Å². The zero-order valence-electron chi connectivity index (χ0n) is 7.40. The molecule has 0 aromatic heterocycles. The van der Waals surface area contributed by atoms with Gasteiger partial charge in [0, 0.05) is 0 Å². The molecule has 74 valence electrons. The Balaban J connectivity index is 2.27. The lowest BCUT2D eigenvalue weighted by Crippen LogP contribution is -2.41. The van der Waals surface area contributed by atoms with Gasteiger partial charge in [-0.2, -0.15) is 0 Å². The Bertz CT molecular complexity index is 372. The third kappa shape index (κ3) is 1.51. The van der Waals surface area contributed by atoms with E-state index in [1.807, 2.05) is 0 Å². The molecular weight excluding hydrogens is 184 g/mol. The first-order valence-corrected chi connectivity index (χ1v) is 4.36. The fourth-order valence-corrected chi connectivity index (χ4v) is 1.54. The number of aliphatic carboxylic acids is 1. The summed E-state index contributed by atoms with van der Waals surface area (Å²) in [4.78, 5) is 10.5. The second kappa shape index (κ2) is 3.21. The van der Waals surface area contributed by atoms with Crippen LogP contribution in [0, 0.1) is 0 Å². The van der Waals surface area contributed by atoms with Gasteiger partial charge in [-0.1, -0.05) is 0 Å². The van der Waals surface area contributed by atoms with E-state index < -0.39 is 12.1 Å². The van der Waals surface area contributed by atoms with Crippen LogP contribution in [0.3, 0.4) is 0 Å². The van der Waals surface area contributed by atoms with Crippen molar-refractivity contribution >= 4 is 5.97 Å². The predicted molar refractivity (Wildman–Crippen MR) is 45.9 cm³/mol. The SMILES string of the molecule is O=C([O-])C1CCc2cc(O)ccc2O1. The molecule has 1 aromatic carbocycles. The minimum absolute atomic E-state index is 0.166. The van der Waals surface area contributed by atoms with Gasteiger partial charge in [0.2, 0.25) is 0 Å². The van der Waals surface area contributed by atoms with Gasteiger partial charge < -0.3 is 19.7 Å².